The molecule has 2 amide bonds. The number of rotatable bonds is 8. The number of aromatic nitrogens is 1. The first-order valence-corrected chi connectivity index (χ1v) is 9.95. The first-order chi connectivity index (χ1) is 11.1. The smallest absolute Gasteiger partial charge is 0.258 e. The molecule has 0 aliphatic rings. The Balaban J connectivity index is 1.98. The molecule has 0 bridgehead atoms. The zero-order valence-corrected chi connectivity index (χ0v) is 15.0. The van der Waals surface area contributed by atoms with Crippen molar-refractivity contribution < 1.29 is 9.59 Å². The van der Waals surface area contributed by atoms with Gasteiger partial charge in [0, 0.05) is 16.0 Å². The summed E-state index contributed by atoms with van der Waals surface area (Å²) >= 11 is 4.41. The second kappa shape index (κ2) is 8.95. The molecule has 0 saturated heterocycles. The van der Waals surface area contributed by atoms with Crippen molar-refractivity contribution in [2.75, 3.05) is 16.8 Å². The Bertz CT molecular complexity index is 688. The van der Waals surface area contributed by atoms with E-state index in [9.17, 15) is 9.59 Å². The molecule has 0 aliphatic carbocycles. The van der Waals surface area contributed by atoms with Crippen LogP contribution in [0.25, 0.3) is 0 Å². The average molecular weight is 368 g/mol. The summed E-state index contributed by atoms with van der Waals surface area (Å²) in [6, 6.07) is 7.52. The van der Waals surface area contributed by atoms with Crippen molar-refractivity contribution in [2.45, 2.75) is 17.6 Å². The predicted molar refractivity (Wildman–Crippen MR) is 98.3 cm³/mol. The monoisotopic (exact) mass is 367 g/mol. The normalized spacial score (nSPS) is 10.5. The van der Waals surface area contributed by atoms with Gasteiger partial charge in [0.1, 0.15) is 0 Å². The van der Waals surface area contributed by atoms with Gasteiger partial charge >= 0.3 is 0 Å². The minimum atomic E-state index is -0.344. The first kappa shape index (κ1) is 17.8. The fourth-order valence-electron chi connectivity index (χ4n) is 1.79. The van der Waals surface area contributed by atoms with Crippen LogP contribution in [0.5, 0.6) is 0 Å². The molecule has 0 fully saturated rings. The minimum absolute atomic E-state index is 0.160. The highest BCUT2D eigenvalue weighted by molar-refractivity contribution is 7.99. The number of hydrogen-bond acceptors (Lipinski definition) is 6. The third-order valence-electron chi connectivity index (χ3n) is 2.70. The van der Waals surface area contributed by atoms with Gasteiger partial charge in [-0.2, -0.15) is 0 Å². The van der Waals surface area contributed by atoms with E-state index in [-0.39, 0.29) is 17.6 Å². The number of benzene rings is 1. The maximum Gasteiger partial charge on any atom is 0.258 e. The van der Waals surface area contributed by atoms with Crippen LogP contribution in [-0.2, 0) is 10.5 Å². The summed E-state index contributed by atoms with van der Waals surface area (Å²) in [6.45, 7) is 2.05. The van der Waals surface area contributed by atoms with Crippen LogP contribution in [0.3, 0.4) is 0 Å². The summed E-state index contributed by atoms with van der Waals surface area (Å²) in [4.78, 5) is 28.4. The molecular weight excluding hydrogens is 350 g/mol. The summed E-state index contributed by atoms with van der Waals surface area (Å²) in [6.07, 6.45) is 0. The number of nitrogens with zero attached hydrogens (tertiary/aromatic N) is 1. The van der Waals surface area contributed by atoms with Crippen molar-refractivity contribution in [3.05, 3.63) is 40.9 Å². The lowest BCUT2D eigenvalue weighted by atomic mass is 10.2. The van der Waals surface area contributed by atoms with Crippen molar-refractivity contribution in [3.8, 4) is 0 Å². The van der Waals surface area contributed by atoms with Crippen LogP contribution in [0.15, 0.2) is 34.5 Å². The molecule has 0 atom stereocenters. The molecule has 0 radical (unpaired) electrons. The molecule has 2 aromatic rings. The van der Waals surface area contributed by atoms with E-state index in [1.165, 1.54) is 23.1 Å². The third-order valence-corrected chi connectivity index (χ3v) is 5.45. The van der Waals surface area contributed by atoms with Crippen molar-refractivity contribution in [2.24, 2.45) is 5.73 Å². The van der Waals surface area contributed by atoms with Crippen LogP contribution in [0.4, 0.5) is 5.13 Å². The maximum atomic E-state index is 12.4. The van der Waals surface area contributed by atoms with Crippen LogP contribution in [-0.4, -0.2) is 28.3 Å². The van der Waals surface area contributed by atoms with E-state index in [1.807, 2.05) is 29.6 Å². The van der Waals surface area contributed by atoms with Gasteiger partial charge in [0.25, 0.3) is 5.91 Å². The molecule has 23 heavy (non-hydrogen) atoms. The quantitative estimate of drug-likeness (QED) is 0.700. The summed E-state index contributed by atoms with van der Waals surface area (Å²) < 4.78 is 0. The number of carbonyl (C=O) groups is 2. The molecule has 8 heteroatoms. The number of amides is 2. The van der Waals surface area contributed by atoms with Crippen LogP contribution in [0, 0.1) is 0 Å². The summed E-state index contributed by atoms with van der Waals surface area (Å²) in [5.41, 5.74) is 6.57. The number of carbonyl (C=O) groups excluding carboxylic acids is 2. The number of primary amides is 1. The molecule has 3 N–H and O–H groups in total. The van der Waals surface area contributed by atoms with Gasteiger partial charge in [-0.05, 0) is 17.9 Å². The number of thiazole rings is 1. The fraction of sp³-hybridized carbons (Fsp3) is 0.267. The Kier molecular flexibility index (Phi) is 6.94. The largest absolute Gasteiger partial charge is 0.369 e. The second-order valence-electron chi connectivity index (χ2n) is 4.49. The van der Waals surface area contributed by atoms with Gasteiger partial charge in [-0.1, -0.05) is 19.1 Å². The SMILES string of the molecule is CCSc1ccccc1C(=O)Nc1nc(CSCC(N)=O)cs1. The third kappa shape index (κ3) is 5.56. The maximum absolute atomic E-state index is 12.4. The number of thioether (sulfide) groups is 2. The Hall–Kier alpha value is -1.51. The van der Waals surface area contributed by atoms with Crippen molar-refractivity contribution >= 4 is 51.8 Å². The minimum Gasteiger partial charge on any atom is -0.369 e. The van der Waals surface area contributed by atoms with Crippen LogP contribution >= 0.6 is 34.9 Å². The Labute approximate surface area is 147 Å². The molecule has 0 spiro atoms. The first-order valence-electron chi connectivity index (χ1n) is 6.93. The number of anilines is 1. The van der Waals surface area contributed by atoms with Crippen LogP contribution in [0.1, 0.15) is 23.0 Å². The lowest BCUT2D eigenvalue weighted by Crippen LogP contribution is -2.13. The summed E-state index contributed by atoms with van der Waals surface area (Å²) in [5, 5.41) is 5.26. The van der Waals surface area contributed by atoms with Gasteiger partial charge < -0.3 is 5.73 Å². The van der Waals surface area contributed by atoms with Crippen LogP contribution in [0.2, 0.25) is 0 Å². The van der Waals surface area contributed by atoms with E-state index in [4.69, 9.17) is 5.73 Å². The molecule has 122 valence electrons. The van der Waals surface area contributed by atoms with E-state index < -0.39 is 0 Å². The fourth-order valence-corrected chi connectivity index (χ4v) is 4.06. The van der Waals surface area contributed by atoms with Gasteiger partial charge in [0.05, 0.1) is 17.0 Å². The van der Waals surface area contributed by atoms with Gasteiger partial charge in [0.2, 0.25) is 5.91 Å². The van der Waals surface area contributed by atoms with Gasteiger partial charge in [-0.15, -0.1) is 34.9 Å². The number of hydrogen-bond donors (Lipinski definition) is 2. The van der Waals surface area contributed by atoms with E-state index in [0.717, 1.165) is 16.3 Å². The van der Waals surface area contributed by atoms with Crippen molar-refractivity contribution in [1.29, 1.82) is 0 Å². The van der Waals surface area contributed by atoms with Crippen LogP contribution < -0.4 is 11.1 Å². The molecular formula is C15H17N3O2S3. The lowest BCUT2D eigenvalue weighted by molar-refractivity contribution is -0.115. The Morgan fingerprint density at radius 2 is 2.13 bits per heavy atom. The van der Waals surface area contributed by atoms with Gasteiger partial charge in [0.15, 0.2) is 5.13 Å². The van der Waals surface area contributed by atoms with Crippen molar-refractivity contribution in [1.82, 2.24) is 4.98 Å². The number of nitrogens with two attached hydrogens (primary N) is 1. The lowest BCUT2D eigenvalue weighted by Gasteiger charge is -2.07. The highest BCUT2D eigenvalue weighted by atomic mass is 32.2. The standard InChI is InChI=1S/C15H17N3O2S3/c1-2-22-12-6-4-3-5-11(12)14(20)18-15-17-10(8-23-15)7-21-9-13(16)19/h3-6,8H,2,7,9H2,1H3,(H2,16,19)(H,17,18,20). The van der Waals surface area contributed by atoms with E-state index in [2.05, 4.69) is 17.2 Å². The van der Waals surface area contributed by atoms with E-state index in [1.54, 1.807) is 11.8 Å². The molecule has 0 unspecified atom stereocenters. The zero-order valence-electron chi connectivity index (χ0n) is 12.6. The zero-order chi connectivity index (χ0) is 16.7. The highest BCUT2D eigenvalue weighted by Crippen LogP contribution is 2.24. The predicted octanol–water partition coefficient (Wildman–Crippen LogP) is 3.23. The number of nitrogens with one attached hydrogen (secondary N) is 1. The summed E-state index contributed by atoms with van der Waals surface area (Å²) in [7, 11) is 0. The van der Waals surface area contributed by atoms with Gasteiger partial charge in [-0.25, -0.2) is 4.98 Å². The topological polar surface area (TPSA) is 85.1 Å². The Morgan fingerprint density at radius 3 is 2.87 bits per heavy atom. The molecule has 1 aromatic carbocycles. The molecule has 1 heterocycles. The average Bonchev–Trinajstić information content (AvgIpc) is 2.95. The van der Waals surface area contributed by atoms with Gasteiger partial charge in [-0.3, -0.25) is 14.9 Å². The molecule has 0 aliphatic heterocycles. The molecule has 1 aromatic heterocycles. The van der Waals surface area contributed by atoms with E-state index >= 15 is 0 Å². The Morgan fingerprint density at radius 1 is 1.35 bits per heavy atom. The highest BCUT2D eigenvalue weighted by Gasteiger charge is 2.13. The van der Waals surface area contributed by atoms with E-state index in [0.29, 0.717) is 16.4 Å². The molecule has 5 nitrogen and oxygen atoms in total. The second-order valence-corrected chi connectivity index (χ2v) is 7.64. The summed E-state index contributed by atoms with van der Waals surface area (Å²) in [5.74, 6) is 1.26. The van der Waals surface area contributed by atoms with Crippen molar-refractivity contribution in [3.63, 3.8) is 0 Å². The molecule has 2 rings (SSSR count). The molecule has 0 saturated carbocycles.